The number of nitrogens with two attached hydrogens (primary N) is 1. The fourth-order valence-electron chi connectivity index (χ4n) is 3.26. The van der Waals surface area contributed by atoms with Crippen LogP contribution in [0.4, 0.5) is 0 Å². The molecule has 5 heteroatoms. The summed E-state index contributed by atoms with van der Waals surface area (Å²) in [5.41, 5.74) is 4.83. The van der Waals surface area contributed by atoms with Gasteiger partial charge in [0.1, 0.15) is 0 Å². The van der Waals surface area contributed by atoms with Gasteiger partial charge in [-0.1, -0.05) is 19.8 Å². The number of amides is 1. The van der Waals surface area contributed by atoms with Crippen LogP contribution in [0.15, 0.2) is 0 Å². The molecule has 5 nitrogen and oxygen atoms in total. The van der Waals surface area contributed by atoms with Crippen molar-refractivity contribution in [3.8, 4) is 0 Å². The molecule has 2 rings (SSSR count). The number of hydrogen-bond donors (Lipinski definition) is 3. The van der Waals surface area contributed by atoms with E-state index in [0.29, 0.717) is 19.1 Å². The number of nitrogens with one attached hydrogen (secondary N) is 1. The summed E-state index contributed by atoms with van der Waals surface area (Å²) in [5, 5.41) is 12.8. The average molecular weight is 270 g/mol. The Kier molecular flexibility index (Phi) is 4.18. The van der Waals surface area contributed by atoms with E-state index in [-0.39, 0.29) is 18.6 Å². The monoisotopic (exact) mass is 270 g/mol. The minimum Gasteiger partial charge on any atom is -0.394 e. The van der Waals surface area contributed by atoms with E-state index >= 15 is 0 Å². The van der Waals surface area contributed by atoms with Crippen molar-refractivity contribution in [2.24, 2.45) is 17.1 Å². The molecule has 4 unspecified atom stereocenters. The van der Waals surface area contributed by atoms with Crippen LogP contribution in [-0.2, 0) is 9.53 Å². The third kappa shape index (κ3) is 2.78. The molecule has 1 aliphatic carbocycles. The maximum atomic E-state index is 12.5. The Balaban J connectivity index is 2.08. The van der Waals surface area contributed by atoms with E-state index in [9.17, 15) is 9.90 Å². The lowest BCUT2D eigenvalue weighted by Crippen LogP contribution is -2.60. The second-order valence-corrected chi connectivity index (χ2v) is 6.63. The van der Waals surface area contributed by atoms with E-state index in [1.807, 2.05) is 6.92 Å². The van der Waals surface area contributed by atoms with Crippen LogP contribution in [0, 0.1) is 11.3 Å². The lowest BCUT2D eigenvalue weighted by atomic mass is 9.75. The van der Waals surface area contributed by atoms with Crippen molar-refractivity contribution < 1.29 is 14.6 Å². The maximum absolute atomic E-state index is 12.5. The van der Waals surface area contributed by atoms with Crippen molar-refractivity contribution in [2.45, 2.75) is 51.1 Å². The first kappa shape index (κ1) is 14.8. The first-order chi connectivity index (χ1) is 8.92. The smallest absolute Gasteiger partial charge is 0.230 e. The highest BCUT2D eigenvalue weighted by atomic mass is 16.5. The molecule has 1 aliphatic heterocycles. The van der Waals surface area contributed by atoms with Gasteiger partial charge in [0.25, 0.3) is 0 Å². The van der Waals surface area contributed by atoms with Crippen LogP contribution >= 0.6 is 0 Å². The quantitative estimate of drug-likeness (QED) is 0.693. The van der Waals surface area contributed by atoms with Crippen LogP contribution in [-0.4, -0.2) is 42.4 Å². The molecule has 0 aromatic heterocycles. The van der Waals surface area contributed by atoms with Crippen molar-refractivity contribution in [1.82, 2.24) is 5.32 Å². The summed E-state index contributed by atoms with van der Waals surface area (Å²) in [6.45, 7) is 4.79. The van der Waals surface area contributed by atoms with Gasteiger partial charge in [-0.2, -0.15) is 0 Å². The fourth-order valence-corrected chi connectivity index (χ4v) is 3.26. The molecule has 0 aromatic rings. The van der Waals surface area contributed by atoms with Gasteiger partial charge in [0, 0.05) is 6.04 Å². The normalized spacial score (nSPS) is 43.2. The Hall–Kier alpha value is -0.650. The van der Waals surface area contributed by atoms with Crippen molar-refractivity contribution in [2.75, 3.05) is 19.8 Å². The summed E-state index contributed by atoms with van der Waals surface area (Å²) in [6, 6.07) is -0.274. The Morgan fingerprint density at radius 2 is 2.32 bits per heavy atom. The third-order valence-electron chi connectivity index (χ3n) is 4.81. The van der Waals surface area contributed by atoms with Gasteiger partial charge in [-0.05, 0) is 25.7 Å². The van der Waals surface area contributed by atoms with Gasteiger partial charge in [0.2, 0.25) is 5.91 Å². The number of aliphatic hydroxyl groups is 1. The molecule has 0 aromatic carbocycles. The molecule has 1 heterocycles. The predicted molar refractivity (Wildman–Crippen MR) is 72.5 cm³/mol. The molecule has 4 N–H and O–H groups in total. The summed E-state index contributed by atoms with van der Waals surface area (Å²) in [6.07, 6.45) is 3.88. The molecule has 19 heavy (non-hydrogen) atoms. The number of carbonyl (C=O) groups is 1. The van der Waals surface area contributed by atoms with E-state index in [4.69, 9.17) is 10.5 Å². The van der Waals surface area contributed by atoms with Gasteiger partial charge in [0.15, 0.2) is 0 Å². The van der Waals surface area contributed by atoms with Crippen LogP contribution in [0.3, 0.4) is 0 Å². The molecular weight excluding hydrogens is 244 g/mol. The molecule has 1 amide bonds. The fraction of sp³-hybridized carbons (Fsp3) is 0.929. The summed E-state index contributed by atoms with van der Waals surface area (Å²) in [7, 11) is 0. The Morgan fingerprint density at radius 1 is 1.58 bits per heavy atom. The predicted octanol–water partition coefficient (Wildman–Crippen LogP) is 0.408. The summed E-state index contributed by atoms with van der Waals surface area (Å²) in [5.74, 6) is 0.447. The Morgan fingerprint density at radius 3 is 2.84 bits per heavy atom. The zero-order chi connectivity index (χ0) is 14.1. The molecule has 0 radical (unpaired) electrons. The minimum atomic E-state index is -0.678. The second kappa shape index (κ2) is 5.38. The van der Waals surface area contributed by atoms with Crippen molar-refractivity contribution in [3.05, 3.63) is 0 Å². The Labute approximate surface area is 114 Å². The molecule has 1 saturated carbocycles. The number of carbonyl (C=O) groups excluding carboxylic acids is 1. The first-order valence-electron chi connectivity index (χ1n) is 7.19. The SMILES string of the molecule is CC1CCCC(CO)(NC(=O)C2(C)COCC2N)C1. The molecule has 1 saturated heterocycles. The van der Waals surface area contributed by atoms with Crippen molar-refractivity contribution >= 4 is 5.91 Å². The number of aliphatic hydroxyl groups excluding tert-OH is 1. The van der Waals surface area contributed by atoms with Crippen molar-refractivity contribution in [3.63, 3.8) is 0 Å². The van der Waals surface area contributed by atoms with E-state index < -0.39 is 11.0 Å². The van der Waals surface area contributed by atoms with Gasteiger partial charge in [0.05, 0.1) is 30.8 Å². The molecule has 110 valence electrons. The lowest BCUT2D eigenvalue weighted by molar-refractivity contribution is -0.134. The minimum absolute atomic E-state index is 0.00471. The Bertz CT molecular complexity index is 350. The molecule has 0 spiro atoms. The zero-order valence-corrected chi connectivity index (χ0v) is 11.9. The summed E-state index contributed by atoms with van der Waals surface area (Å²) >= 11 is 0. The standard InChI is InChI=1S/C14H26N2O3/c1-10-4-3-5-14(6-10,8-17)16-12(18)13(2)9-19-7-11(13)15/h10-11,17H,3-9,15H2,1-2H3,(H,16,18). The molecule has 0 bridgehead atoms. The number of ether oxygens (including phenoxy) is 1. The van der Waals surface area contributed by atoms with Crippen LogP contribution in [0.5, 0.6) is 0 Å². The van der Waals surface area contributed by atoms with Gasteiger partial charge < -0.3 is 20.9 Å². The van der Waals surface area contributed by atoms with Gasteiger partial charge in [-0.25, -0.2) is 0 Å². The van der Waals surface area contributed by atoms with E-state index in [1.165, 1.54) is 0 Å². The zero-order valence-electron chi connectivity index (χ0n) is 11.9. The van der Waals surface area contributed by atoms with Gasteiger partial charge in [-0.15, -0.1) is 0 Å². The highest BCUT2D eigenvalue weighted by Gasteiger charge is 2.47. The van der Waals surface area contributed by atoms with Crippen LogP contribution in [0.25, 0.3) is 0 Å². The summed E-state index contributed by atoms with van der Waals surface area (Å²) in [4.78, 5) is 12.5. The maximum Gasteiger partial charge on any atom is 0.230 e. The highest BCUT2D eigenvalue weighted by Crippen LogP contribution is 2.34. The topological polar surface area (TPSA) is 84.6 Å². The average Bonchev–Trinajstić information content (AvgIpc) is 2.71. The van der Waals surface area contributed by atoms with Gasteiger partial charge in [-0.3, -0.25) is 4.79 Å². The number of rotatable bonds is 3. The van der Waals surface area contributed by atoms with Crippen LogP contribution < -0.4 is 11.1 Å². The first-order valence-corrected chi connectivity index (χ1v) is 7.19. The number of hydrogen-bond acceptors (Lipinski definition) is 4. The summed E-state index contributed by atoms with van der Waals surface area (Å²) < 4.78 is 5.32. The highest BCUT2D eigenvalue weighted by molar-refractivity contribution is 5.84. The van der Waals surface area contributed by atoms with Crippen LogP contribution in [0.1, 0.15) is 39.5 Å². The lowest BCUT2D eigenvalue weighted by Gasteiger charge is -2.41. The molecule has 2 aliphatic rings. The van der Waals surface area contributed by atoms with Crippen molar-refractivity contribution in [1.29, 1.82) is 0 Å². The molecule has 4 atom stereocenters. The second-order valence-electron chi connectivity index (χ2n) is 6.63. The molecular formula is C14H26N2O3. The third-order valence-corrected chi connectivity index (χ3v) is 4.81. The van der Waals surface area contributed by atoms with E-state index in [2.05, 4.69) is 12.2 Å². The van der Waals surface area contributed by atoms with Gasteiger partial charge >= 0.3 is 0 Å². The van der Waals surface area contributed by atoms with Crippen LogP contribution in [0.2, 0.25) is 0 Å². The van der Waals surface area contributed by atoms with E-state index in [0.717, 1.165) is 25.7 Å². The van der Waals surface area contributed by atoms with E-state index in [1.54, 1.807) is 0 Å². The molecule has 2 fully saturated rings. The largest absolute Gasteiger partial charge is 0.394 e.